The second-order valence-corrected chi connectivity index (χ2v) is 9.05. The van der Waals surface area contributed by atoms with Crippen molar-refractivity contribution in [2.24, 2.45) is 0 Å². The molecule has 6 nitrogen and oxygen atoms in total. The van der Waals surface area contributed by atoms with Crippen LogP contribution in [0.5, 0.6) is 5.75 Å². The fourth-order valence-electron chi connectivity index (χ4n) is 3.14. The smallest absolute Gasteiger partial charge is 0.294 e. The number of carbonyl (C=O) groups is 3. The zero-order chi connectivity index (χ0) is 24.1. The Labute approximate surface area is 210 Å². The molecule has 0 aliphatic carbocycles. The fraction of sp³-hybridized carbons (Fsp3) is 0.0800. The lowest BCUT2D eigenvalue weighted by molar-refractivity contribution is -0.127. The number of anilines is 1. The molecule has 3 aromatic rings. The number of hydrogen-bond acceptors (Lipinski definition) is 5. The van der Waals surface area contributed by atoms with Gasteiger partial charge in [-0.2, -0.15) is 0 Å². The number of imide groups is 1. The Balaban J connectivity index is 1.37. The molecule has 4 rings (SSSR count). The van der Waals surface area contributed by atoms with E-state index in [4.69, 9.17) is 27.9 Å². The zero-order valence-electron chi connectivity index (χ0n) is 17.7. The molecule has 0 atom stereocenters. The molecule has 34 heavy (non-hydrogen) atoms. The second-order valence-electron chi connectivity index (χ2n) is 7.24. The van der Waals surface area contributed by atoms with Gasteiger partial charge >= 0.3 is 0 Å². The zero-order valence-corrected chi connectivity index (χ0v) is 20.0. The molecule has 0 saturated carbocycles. The maximum Gasteiger partial charge on any atom is 0.294 e. The van der Waals surface area contributed by atoms with Crippen LogP contribution in [0.15, 0.2) is 77.7 Å². The van der Waals surface area contributed by atoms with E-state index in [1.54, 1.807) is 72.8 Å². The third-order valence-corrected chi connectivity index (χ3v) is 6.47. The summed E-state index contributed by atoms with van der Waals surface area (Å²) >= 11 is 13.1. The summed E-state index contributed by atoms with van der Waals surface area (Å²) in [6, 6.07) is 21.1. The minimum Gasteiger partial charge on any atom is -0.489 e. The molecular formula is C25H18Cl2N2O4S. The number of benzene rings is 3. The SMILES string of the molecule is O=C(CN1C(=O)S/C(=C\c2ccc(OCc3c(Cl)cccc3Cl)cc2)C1=O)Nc1ccccc1. The first-order valence-corrected chi connectivity index (χ1v) is 11.7. The highest BCUT2D eigenvalue weighted by molar-refractivity contribution is 8.18. The molecule has 0 spiro atoms. The van der Waals surface area contributed by atoms with Crippen molar-refractivity contribution in [3.63, 3.8) is 0 Å². The van der Waals surface area contributed by atoms with Gasteiger partial charge in [0.05, 0.1) is 4.91 Å². The Morgan fingerprint density at radius 2 is 1.62 bits per heavy atom. The van der Waals surface area contributed by atoms with Gasteiger partial charge < -0.3 is 10.1 Å². The molecule has 1 saturated heterocycles. The third kappa shape index (κ3) is 5.80. The Hall–Kier alpha value is -3.26. The van der Waals surface area contributed by atoms with Gasteiger partial charge in [-0.1, -0.05) is 59.6 Å². The van der Waals surface area contributed by atoms with E-state index in [-0.39, 0.29) is 18.1 Å². The number of para-hydroxylation sites is 1. The van der Waals surface area contributed by atoms with Crippen LogP contribution in [0.1, 0.15) is 11.1 Å². The molecule has 3 amide bonds. The van der Waals surface area contributed by atoms with Crippen LogP contribution < -0.4 is 10.1 Å². The third-order valence-electron chi connectivity index (χ3n) is 4.86. The molecule has 0 bridgehead atoms. The monoisotopic (exact) mass is 512 g/mol. The average molecular weight is 513 g/mol. The van der Waals surface area contributed by atoms with E-state index in [2.05, 4.69) is 5.32 Å². The van der Waals surface area contributed by atoms with Crippen molar-refractivity contribution in [1.29, 1.82) is 0 Å². The van der Waals surface area contributed by atoms with Gasteiger partial charge in [0.1, 0.15) is 18.9 Å². The van der Waals surface area contributed by atoms with Gasteiger partial charge in [0, 0.05) is 21.3 Å². The summed E-state index contributed by atoms with van der Waals surface area (Å²) in [6.07, 6.45) is 1.61. The minimum atomic E-state index is -0.508. The maximum atomic E-state index is 12.7. The van der Waals surface area contributed by atoms with Crippen LogP contribution in [0, 0.1) is 0 Å². The molecule has 172 valence electrons. The van der Waals surface area contributed by atoms with Crippen molar-refractivity contribution < 1.29 is 19.1 Å². The second kappa shape index (κ2) is 10.8. The highest BCUT2D eigenvalue weighted by Crippen LogP contribution is 2.32. The van der Waals surface area contributed by atoms with Crippen LogP contribution in [0.4, 0.5) is 10.5 Å². The Bertz CT molecular complexity index is 1240. The first-order chi connectivity index (χ1) is 16.4. The number of amides is 3. The minimum absolute atomic E-state index is 0.210. The van der Waals surface area contributed by atoms with Crippen molar-refractivity contribution in [2.45, 2.75) is 6.61 Å². The summed E-state index contributed by atoms with van der Waals surface area (Å²) in [5, 5.41) is 3.23. The number of thioether (sulfide) groups is 1. The van der Waals surface area contributed by atoms with Gasteiger partial charge in [0.15, 0.2) is 0 Å². The number of halogens is 2. The predicted molar refractivity (Wildman–Crippen MR) is 135 cm³/mol. The van der Waals surface area contributed by atoms with Crippen LogP contribution in [0.25, 0.3) is 6.08 Å². The lowest BCUT2D eigenvalue weighted by Gasteiger charge is -2.12. The molecule has 1 N–H and O–H groups in total. The number of ether oxygens (including phenoxy) is 1. The standard InChI is InChI=1S/C25H18Cl2N2O4S/c26-20-7-4-8-21(27)19(20)15-33-18-11-9-16(10-12-18)13-22-24(31)29(25(32)34-22)14-23(30)28-17-5-2-1-3-6-17/h1-13H,14-15H2,(H,28,30)/b22-13-. The van der Waals surface area contributed by atoms with Crippen molar-refractivity contribution >= 4 is 63.8 Å². The normalized spacial score (nSPS) is 14.5. The van der Waals surface area contributed by atoms with Gasteiger partial charge in [0.25, 0.3) is 11.1 Å². The van der Waals surface area contributed by atoms with E-state index < -0.39 is 17.1 Å². The number of hydrogen-bond donors (Lipinski definition) is 1. The van der Waals surface area contributed by atoms with E-state index in [0.29, 0.717) is 32.6 Å². The van der Waals surface area contributed by atoms with Crippen molar-refractivity contribution in [1.82, 2.24) is 4.90 Å². The van der Waals surface area contributed by atoms with Crippen molar-refractivity contribution in [2.75, 3.05) is 11.9 Å². The van der Waals surface area contributed by atoms with Crippen LogP contribution >= 0.6 is 35.0 Å². The summed E-state index contributed by atoms with van der Waals surface area (Å²) in [4.78, 5) is 38.4. The topological polar surface area (TPSA) is 75.7 Å². The van der Waals surface area contributed by atoms with Crippen LogP contribution in [-0.4, -0.2) is 28.5 Å². The lowest BCUT2D eigenvalue weighted by Crippen LogP contribution is -2.36. The molecule has 0 aromatic heterocycles. The van der Waals surface area contributed by atoms with Gasteiger partial charge in [0.2, 0.25) is 5.91 Å². The van der Waals surface area contributed by atoms with E-state index in [0.717, 1.165) is 16.7 Å². The number of nitrogens with one attached hydrogen (secondary N) is 1. The fourth-order valence-corrected chi connectivity index (χ4v) is 4.48. The van der Waals surface area contributed by atoms with Gasteiger partial charge in [-0.05, 0) is 59.8 Å². The first-order valence-electron chi connectivity index (χ1n) is 10.2. The summed E-state index contributed by atoms with van der Waals surface area (Å²) in [5.74, 6) is -0.361. The number of nitrogens with zero attached hydrogens (tertiary/aromatic N) is 1. The van der Waals surface area contributed by atoms with Crippen molar-refractivity contribution in [3.05, 3.63) is 98.9 Å². The van der Waals surface area contributed by atoms with Gasteiger partial charge in [-0.3, -0.25) is 19.3 Å². The van der Waals surface area contributed by atoms with Gasteiger partial charge in [-0.25, -0.2) is 0 Å². The summed E-state index contributed by atoms with van der Waals surface area (Å²) in [5.41, 5.74) is 2.00. The van der Waals surface area contributed by atoms with E-state index in [9.17, 15) is 14.4 Å². The van der Waals surface area contributed by atoms with Crippen LogP contribution in [-0.2, 0) is 16.2 Å². The number of rotatable bonds is 7. The highest BCUT2D eigenvalue weighted by atomic mass is 35.5. The van der Waals surface area contributed by atoms with E-state index in [1.807, 2.05) is 6.07 Å². The molecule has 0 radical (unpaired) electrons. The van der Waals surface area contributed by atoms with Gasteiger partial charge in [-0.15, -0.1) is 0 Å². The Kier molecular flexibility index (Phi) is 7.57. The van der Waals surface area contributed by atoms with E-state index in [1.165, 1.54) is 0 Å². The van der Waals surface area contributed by atoms with E-state index >= 15 is 0 Å². The lowest BCUT2D eigenvalue weighted by atomic mass is 10.2. The molecule has 0 unspecified atom stereocenters. The summed E-state index contributed by atoms with van der Waals surface area (Å²) in [7, 11) is 0. The van der Waals surface area contributed by atoms with Crippen LogP contribution in [0.3, 0.4) is 0 Å². The van der Waals surface area contributed by atoms with Crippen molar-refractivity contribution in [3.8, 4) is 5.75 Å². The predicted octanol–water partition coefficient (Wildman–Crippen LogP) is 6.25. The quantitative estimate of drug-likeness (QED) is 0.378. The Morgan fingerprint density at radius 1 is 0.941 bits per heavy atom. The average Bonchev–Trinajstić information content (AvgIpc) is 3.07. The molecule has 1 aliphatic rings. The molecule has 1 aliphatic heterocycles. The molecule has 1 heterocycles. The molecule has 3 aromatic carbocycles. The molecule has 9 heteroatoms. The summed E-state index contributed by atoms with van der Waals surface area (Å²) in [6.45, 7) is -0.143. The molecular weight excluding hydrogens is 495 g/mol. The van der Waals surface area contributed by atoms with Crippen LogP contribution in [0.2, 0.25) is 10.0 Å². The number of carbonyl (C=O) groups excluding carboxylic acids is 3. The maximum absolute atomic E-state index is 12.7. The Morgan fingerprint density at radius 3 is 2.29 bits per heavy atom. The summed E-state index contributed by atoms with van der Waals surface area (Å²) < 4.78 is 5.76. The first kappa shape index (κ1) is 23.9. The largest absolute Gasteiger partial charge is 0.489 e. The highest BCUT2D eigenvalue weighted by Gasteiger charge is 2.36. The molecule has 1 fully saturated rings.